The first-order valence-electron chi connectivity index (χ1n) is 7.56. The number of benzene rings is 3. The monoisotopic (exact) mass is 334 g/mol. The van der Waals surface area contributed by atoms with Gasteiger partial charge in [0.2, 0.25) is 5.91 Å². The molecule has 0 aliphatic rings. The van der Waals surface area contributed by atoms with Gasteiger partial charge in [-0.1, -0.05) is 24.3 Å². The molecular formula is C20H15FN2O2. The summed E-state index contributed by atoms with van der Waals surface area (Å²) in [7, 11) is 0. The third-order valence-electron chi connectivity index (χ3n) is 3.88. The molecule has 4 N–H and O–H groups in total. The SMILES string of the molecule is NC(=O)c1ccc(F)cc1-c1ccc(C(=O)c2ccc(N)cc2)cc1. The molecule has 0 saturated heterocycles. The Labute approximate surface area is 143 Å². The lowest BCUT2D eigenvalue weighted by Crippen LogP contribution is -2.12. The molecule has 0 heterocycles. The minimum absolute atomic E-state index is 0.152. The first-order chi connectivity index (χ1) is 12.0. The van der Waals surface area contributed by atoms with Crippen LogP contribution in [0.15, 0.2) is 66.7 Å². The number of halogens is 1. The van der Waals surface area contributed by atoms with E-state index >= 15 is 0 Å². The van der Waals surface area contributed by atoms with E-state index in [1.807, 2.05) is 0 Å². The van der Waals surface area contributed by atoms with Crippen LogP contribution in [0.1, 0.15) is 26.3 Å². The van der Waals surface area contributed by atoms with Crippen molar-refractivity contribution in [2.75, 3.05) is 5.73 Å². The number of anilines is 1. The van der Waals surface area contributed by atoms with E-state index in [1.54, 1.807) is 48.5 Å². The smallest absolute Gasteiger partial charge is 0.249 e. The van der Waals surface area contributed by atoms with Crippen molar-refractivity contribution in [2.24, 2.45) is 5.73 Å². The van der Waals surface area contributed by atoms with Crippen molar-refractivity contribution >= 4 is 17.4 Å². The molecule has 0 atom stereocenters. The predicted octanol–water partition coefficient (Wildman–Crippen LogP) is 3.40. The summed E-state index contributed by atoms with van der Waals surface area (Å²) in [5.74, 6) is -1.26. The van der Waals surface area contributed by atoms with E-state index in [0.717, 1.165) is 0 Å². The van der Waals surface area contributed by atoms with Crippen molar-refractivity contribution in [1.82, 2.24) is 0 Å². The van der Waals surface area contributed by atoms with E-state index in [4.69, 9.17) is 11.5 Å². The van der Waals surface area contributed by atoms with Crippen LogP contribution < -0.4 is 11.5 Å². The third kappa shape index (κ3) is 3.40. The van der Waals surface area contributed by atoms with Crippen LogP contribution in [0.25, 0.3) is 11.1 Å². The highest BCUT2D eigenvalue weighted by Crippen LogP contribution is 2.25. The lowest BCUT2D eigenvalue weighted by atomic mass is 9.96. The van der Waals surface area contributed by atoms with Gasteiger partial charge in [-0.15, -0.1) is 0 Å². The van der Waals surface area contributed by atoms with Gasteiger partial charge in [-0.25, -0.2) is 4.39 Å². The van der Waals surface area contributed by atoms with Crippen molar-refractivity contribution in [3.63, 3.8) is 0 Å². The average Bonchev–Trinajstić information content (AvgIpc) is 2.61. The summed E-state index contributed by atoms with van der Waals surface area (Å²) in [6.07, 6.45) is 0. The Morgan fingerprint density at radius 2 is 1.36 bits per heavy atom. The molecule has 0 bridgehead atoms. The Bertz CT molecular complexity index is 948. The Morgan fingerprint density at radius 3 is 1.92 bits per heavy atom. The summed E-state index contributed by atoms with van der Waals surface area (Å²) in [5.41, 5.74) is 13.7. The minimum atomic E-state index is -0.642. The fourth-order valence-corrected chi connectivity index (χ4v) is 2.57. The normalized spacial score (nSPS) is 10.4. The summed E-state index contributed by atoms with van der Waals surface area (Å²) >= 11 is 0. The molecule has 3 aromatic carbocycles. The summed E-state index contributed by atoms with van der Waals surface area (Å²) in [6, 6.07) is 17.0. The number of primary amides is 1. The van der Waals surface area contributed by atoms with Crippen LogP contribution in [0.4, 0.5) is 10.1 Å². The summed E-state index contributed by atoms with van der Waals surface area (Å²) < 4.78 is 13.5. The molecule has 25 heavy (non-hydrogen) atoms. The molecule has 0 saturated carbocycles. The van der Waals surface area contributed by atoms with Crippen molar-refractivity contribution in [3.05, 3.63) is 89.2 Å². The maximum atomic E-state index is 13.5. The number of nitrogen functional groups attached to an aromatic ring is 1. The van der Waals surface area contributed by atoms with Crippen LogP contribution in [-0.2, 0) is 0 Å². The third-order valence-corrected chi connectivity index (χ3v) is 3.88. The van der Waals surface area contributed by atoms with Crippen LogP contribution in [0.3, 0.4) is 0 Å². The number of hydrogen-bond donors (Lipinski definition) is 2. The van der Waals surface area contributed by atoms with Gasteiger partial charge in [0.15, 0.2) is 5.78 Å². The first kappa shape index (κ1) is 16.4. The molecule has 0 aliphatic heterocycles. The molecule has 0 unspecified atom stereocenters. The predicted molar refractivity (Wildman–Crippen MR) is 94.6 cm³/mol. The maximum Gasteiger partial charge on any atom is 0.249 e. The minimum Gasteiger partial charge on any atom is -0.399 e. The Balaban J connectivity index is 1.95. The second-order valence-electron chi connectivity index (χ2n) is 5.58. The largest absolute Gasteiger partial charge is 0.399 e. The lowest BCUT2D eigenvalue weighted by molar-refractivity contribution is 0.0999. The second-order valence-corrected chi connectivity index (χ2v) is 5.58. The molecule has 0 spiro atoms. The zero-order valence-electron chi connectivity index (χ0n) is 13.2. The molecule has 3 aromatic rings. The van der Waals surface area contributed by atoms with Crippen LogP contribution in [0.2, 0.25) is 0 Å². The van der Waals surface area contributed by atoms with Gasteiger partial charge >= 0.3 is 0 Å². The molecule has 0 fully saturated rings. The molecule has 1 amide bonds. The van der Waals surface area contributed by atoms with Crippen molar-refractivity contribution < 1.29 is 14.0 Å². The molecule has 124 valence electrons. The highest BCUT2D eigenvalue weighted by molar-refractivity contribution is 6.09. The molecule has 4 nitrogen and oxygen atoms in total. The Hall–Kier alpha value is -3.47. The highest BCUT2D eigenvalue weighted by Gasteiger charge is 2.13. The van der Waals surface area contributed by atoms with Crippen molar-refractivity contribution in [2.45, 2.75) is 0 Å². The number of nitrogens with two attached hydrogens (primary N) is 2. The van der Waals surface area contributed by atoms with Gasteiger partial charge in [0.25, 0.3) is 0 Å². The van der Waals surface area contributed by atoms with Gasteiger partial charge in [0.05, 0.1) is 0 Å². The van der Waals surface area contributed by atoms with Crippen molar-refractivity contribution in [3.8, 4) is 11.1 Å². The van der Waals surface area contributed by atoms with Gasteiger partial charge in [-0.2, -0.15) is 0 Å². The van der Waals surface area contributed by atoms with Gasteiger partial charge in [-0.3, -0.25) is 9.59 Å². The fraction of sp³-hybridized carbons (Fsp3) is 0. The van der Waals surface area contributed by atoms with E-state index in [9.17, 15) is 14.0 Å². The Kier molecular flexibility index (Phi) is 4.31. The Morgan fingerprint density at radius 1 is 0.800 bits per heavy atom. The molecule has 0 radical (unpaired) electrons. The number of carbonyl (C=O) groups is 2. The number of ketones is 1. The van der Waals surface area contributed by atoms with Gasteiger partial charge < -0.3 is 11.5 Å². The maximum absolute atomic E-state index is 13.5. The van der Waals surface area contributed by atoms with E-state index in [0.29, 0.717) is 27.9 Å². The number of amides is 1. The summed E-state index contributed by atoms with van der Waals surface area (Å²) in [6.45, 7) is 0. The van der Waals surface area contributed by atoms with E-state index < -0.39 is 11.7 Å². The highest BCUT2D eigenvalue weighted by atomic mass is 19.1. The quantitative estimate of drug-likeness (QED) is 0.566. The zero-order valence-corrected chi connectivity index (χ0v) is 13.2. The van der Waals surface area contributed by atoms with Gasteiger partial charge in [0, 0.05) is 22.4 Å². The topological polar surface area (TPSA) is 86.2 Å². The van der Waals surface area contributed by atoms with Crippen LogP contribution in [0.5, 0.6) is 0 Å². The average molecular weight is 334 g/mol. The van der Waals surface area contributed by atoms with E-state index in [-0.39, 0.29) is 11.3 Å². The molecule has 3 rings (SSSR count). The molecule has 0 aromatic heterocycles. The zero-order chi connectivity index (χ0) is 18.0. The van der Waals surface area contributed by atoms with Crippen molar-refractivity contribution in [1.29, 1.82) is 0 Å². The van der Waals surface area contributed by atoms with Gasteiger partial charge in [0.1, 0.15) is 5.82 Å². The standard InChI is InChI=1S/C20H15FN2O2/c21-15-7-10-17(20(23)25)18(11-15)12-1-3-13(4-2-12)19(24)14-5-8-16(22)9-6-14/h1-11H,22H2,(H2,23,25). The second kappa shape index (κ2) is 6.57. The lowest BCUT2D eigenvalue weighted by Gasteiger charge is -2.08. The van der Waals surface area contributed by atoms with Crippen LogP contribution >= 0.6 is 0 Å². The van der Waals surface area contributed by atoms with Crippen LogP contribution in [-0.4, -0.2) is 11.7 Å². The number of carbonyl (C=O) groups excluding carboxylic acids is 2. The summed E-state index contributed by atoms with van der Waals surface area (Å²) in [4.78, 5) is 24.0. The van der Waals surface area contributed by atoms with Gasteiger partial charge in [-0.05, 0) is 53.6 Å². The molecular weight excluding hydrogens is 319 g/mol. The fourth-order valence-electron chi connectivity index (χ4n) is 2.57. The molecule has 5 heteroatoms. The van der Waals surface area contributed by atoms with Crippen LogP contribution in [0, 0.1) is 5.82 Å². The number of rotatable bonds is 4. The number of hydrogen-bond acceptors (Lipinski definition) is 3. The van der Waals surface area contributed by atoms with E-state index in [1.165, 1.54) is 18.2 Å². The summed E-state index contributed by atoms with van der Waals surface area (Å²) in [5, 5.41) is 0. The molecule has 0 aliphatic carbocycles. The first-order valence-corrected chi connectivity index (χ1v) is 7.56. The van der Waals surface area contributed by atoms with E-state index in [2.05, 4.69) is 0 Å².